The van der Waals surface area contributed by atoms with Gasteiger partial charge in [0.15, 0.2) is 0 Å². The molecule has 4 heterocycles. The molecule has 1 N–H and O–H groups in total. The molecule has 0 spiro atoms. The molecule has 2 aromatic carbocycles. The molecular weight excluding hydrogens is 416 g/mol. The molecular formula is C28H29ClN2O. The standard InChI is InChI=1S/C28H29N2O.ClH/c1-3-20-9-5-6-10-23(20)19-30-16-14-22(21(4-2)18-30)17-27(30)28(31)25-13-15-29-26-12-8-7-11-24(25)26;/h1,4-13,15,21-22,27-28,31H,2,14,16-19H2;1H/q+1;/p-1/t21?,22?,27?,28-,30?;/m1./s1. The molecule has 3 saturated heterocycles. The van der Waals surface area contributed by atoms with Gasteiger partial charge in [-0.3, -0.25) is 4.98 Å². The van der Waals surface area contributed by atoms with Crippen molar-refractivity contribution in [1.82, 2.24) is 4.98 Å². The molecule has 5 atom stereocenters. The number of hydrogen-bond acceptors (Lipinski definition) is 2. The number of terminal acetylenes is 1. The number of aliphatic hydroxyl groups excluding tert-OH is 1. The van der Waals surface area contributed by atoms with Crippen molar-refractivity contribution in [2.24, 2.45) is 11.8 Å². The summed E-state index contributed by atoms with van der Waals surface area (Å²) in [6, 6.07) is 18.5. The van der Waals surface area contributed by atoms with Crippen molar-refractivity contribution in [2.75, 3.05) is 13.1 Å². The summed E-state index contributed by atoms with van der Waals surface area (Å²) in [5.41, 5.74) is 4.08. The van der Waals surface area contributed by atoms with Crippen LogP contribution in [0.2, 0.25) is 0 Å². The summed E-state index contributed by atoms with van der Waals surface area (Å²) >= 11 is 0. The molecule has 3 aromatic rings. The van der Waals surface area contributed by atoms with Gasteiger partial charge < -0.3 is 22.0 Å². The van der Waals surface area contributed by atoms with Crippen LogP contribution >= 0.6 is 0 Å². The summed E-state index contributed by atoms with van der Waals surface area (Å²) in [7, 11) is 0. The molecule has 164 valence electrons. The summed E-state index contributed by atoms with van der Waals surface area (Å²) in [6.45, 7) is 7.06. The first kappa shape index (κ1) is 22.6. The lowest BCUT2D eigenvalue weighted by molar-refractivity contribution is -0.984. The van der Waals surface area contributed by atoms with Crippen molar-refractivity contribution in [2.45, 2.75) is 31.5 Å². The fraction of sp³-hybridized carbons (Fsp3) is 0.321. The minimum absolute atomic E-state index is 0. The van der Waals surface area contributed by atoms with E-state index in [0.717, 1.165) is 52.6 Å². The predicted molar refractivity (Wildman–Crippen MR) is 125 cm³/mol. The average Bonchev–Trinajstić information content (AvgIpc) is 2.83. The van der Waals surface area contributed by atoms with Gasteiger partial charge in [-0.1, -0.05) is 48.4 Å². The van der Waals surface area contributed by atoms with Gasteiger partial charge in [-0.15, -0.1) is 13.0 Å². The third-order valence-electron chi connectivity index (χ3n) is 7.70. The van der Waals surface area contributed by atoms with Gasteiger partial charge >= 0.3 is 0 Å². The number of para-hydroxylation sites is 1. The Balaban J connectivity index is 0.00000245. The third kappa shape index (κ3) is 3.73. The van der Waals surface area contributed by atoms with E-state index in [0.29, 0.717) is 11.8 Å². The van der Waals surface area contributed by atoms with Crippen molar-refractivity contribution in [3.63, 3.8) is 0 Å². The van der Waals surface area contributed by atoms with Crippen LogP contribution in [0.1, 0.15) is 35.6 Å². The van der Waals surface area contributed by atoms with Crippen LogP contribution < -0.4 is 12.4 Å². The van der Waals surface area contributed by atoms with E-state index in [1.54, 1.807) is 0 Å². The molecule has 2 bridgehead atoms. The maximum absolute atomic E-state index is 11.8. The summed E-state index contributed by atoms with van der Waals surface area (Å²) in [5, 5.41) is 12.8. The van der Waals surface area contributed by atoms with Crippen LogP contribution in [0, 0.1) is 24.2 Å². The number of pyridine rings is 1. The molecule has 0 saturated carbocycles. The highest BCUT2D eigenvalue weighted by Crippen LogP contribution is 2.48. The van der Waals surface area contributed by atoms with Crippen molar-refractivity contribution in [1.29, 1.82) is 0 Å². The van der Waals surface area contributed by atoms with E-state index < -0.39 is 6.10 Å². The average molecular weight is 445 g/mol. The molecule has 4 heteroatoms. The van der Waals surface area contributed by atoms with Crippen LogP contribution in [-0.4, -0.2) is 33.7 Å². The lowest BCUT2D eigenvalue weighted by Gasteiger charge is -2.58. The molecule has 4 unspecified atom stereocenters. The SMILES string of the molecule is C#Cc1ccccc1C[N+]12CCC(CC1[C@H](O)c1ccnc3ccccc13)C(C=C)C2.[Cl-]. The number of hydrogen-bond donors (Lipinski definition) is 1. The van der Waals surface area contributed by atoms with Crippen LogP contribution in [0.25, 0.3) is 10.9 Å². The quantitative estimate of drug-likeness (QED) is 0.370. The first-order chi connectivity index (χ1) is 15.1. The van der Waals surface area contributed by atoms with Gasteiger partial charge in [-0.2, -0.15) is 0 Å². The Labute approximate surface area is 196 Å². The monoisotopic (exact) mass is 444 g/mol. The second-order valence-corrected chi connectivity index (χ2v) is 9.20. The molecule has 0 radical (unpaired) electrons. The lowest BCUT2D eigenvalue weighted by atomic mass is 9.71. The fourth-order valence-corrected chi connectivity index (χ4v) is 6.10. The maximum atomic E-state index is 11.8. The highest BCUT2D eigenvalue weighted by molar-refractivity contribution is 5.82. The Morgan fingerprint density at radius 2 is 1.97 bits per heavy atom. The number of piperidine rings is 3. The number of halogens is 1. The maximum Gasteiger partial charge on any atom is 0.131 e. The topological polar surface area (TPSA) is 33.1 Å². The molecule has 0 amide bonds. The van der Waals surface area contributed by atoms with Gasteiger partial charge in [-0.05, 0) is 29.7 Å². The Morgan fingerprint density at radius 1 is 1.19 bits per heavy atom. The normalized spacial score (nSPS) is 27.3. The second kappa shape index (κ2) is 9.08. The minimum atomic E-state index is -0.542. The van der Waals surface area contributed by atoms with Crippen molar-refractivity contribution in [3.8, 4) is 12.3 Å². The number of quaternary nitrogens is 1. The first-order valence-corrected chi connectivity index (χ1v) is 11.2. The number of benzene rings is 2. The van der Waals surface area contributed by atoms with E-state index in [2.05, 4.69) is 41.8 Å². The van der Waals surface area contributed by atoms with Crippen molar-refractivity contribution in [3.05, 3.63) is 90.1 Å². The molecule has 32 heavy (non-hydrogen) atoms. The van der Waals surface area contributed by atoms with Crippen molar-refractivity contribution < 1.29 is 22.0 Å². The van der Waals surface area contributed by atoms with Crippen LogP contribution in [0.3, 0.4) is 0 Å². The molecule has 3 aliphatic rings. The second-order valence-electron chi connectivity index (χ2n) is 9.20. The van der Waals surface area contributed by atoms with Gasteiger partial charge in [0.1, 0.15) is 18.7 Å². The largest absolute Gasteiger partial charge is 1.00 e. The first-order valence-electron chi connectivity index (χ1n) is 11.2. The van der Waals surface area contributed by atoms with Gasteiger partial charge in [0.05, 0.1) is 18.6 Å². The van der Waals surface area contributed by atoms with E-state index in [4.69, 9.17) is 6.42 Å². The molecule has 3 aliphatic heterocycles. The van der Waals surface area contributed by atoms with E-state index in [1.165, 1.54) is 12.0 Å². The third-order valence-corrected chi connectivity index (χ3v) is 7.70. The summed E-state index contributed by atoms with van der Waals surface area (Å²) in [6.07, 6.45) is 11.4. The summed E-state index contributed by atoms with van der Waals surface area (Å²) in [5.74, 6) is 3.94. The van der Waals surface area contributed by atoms with E-state index in [-0.39, 0.29) is 18.4 Å². The Bertz CT molecular complexity index is 1160. The van der Waals surface area contributed by atoms with Gasteiger partial charge in [0.25, 0.3) is 0 Å². The Morgan fingerprint density at radius 3 is 2.78 bits per heavy atom. The lowest BCUT2D eigenvalue weighted by Crippen LogP contribution is -3.00. The number of nitrogens with zero attached hydrogens (tertiary/aromatic N) is 2. The van der Waals surface area contributed by atoms with Crippen LogP contribution in [0.4, 0.5) is 0 Å². The number of rotatable bonds is 5. The zero-order valence-corrected chi connectivity index (χ0v) is 19.0. The van der Waals surface area contributed by atoms with E-state index >= 15 is 0 Å². The van der Waals surface area contributed by atoms with Gasteiger partial charge in [0.2, 0.25) is 0 Å². The number of aromatic nitrogens is 1. The predicted octanol–water partition coefficient (Wildman–Crippen LogP) is 1.86. The molecule has 0 aliphatic carbocycles. The number of aliphatic hydroxyl groups is 1. The van der Waals surface area contributed by atoms with Crippen molar-refractivity contribution >= 4 is 10.9 Å². The van der Waals surface area contributed by atoms with Gasteiger partial charge in [0, 0.05) is 41.5 Å². The molecule has 6 rings (SSSR count). The minimum Gasteiger partial charge on any atom is -1.00 e. The molecule has 1 aromatic heterocycles. The van der Waals surface area contributed by atoms with Gasteiger partial charge in [-0.25, -0.2) is 0 Å². The zero-order chi connectivity index (χ0) is 21.4. The van der Waals surface area contributed by atoms with E-state index in [9.17, 15) is 5.11 Å². The highest BCUT2D eigenvalue weighted by atomic mass is 35.5. The van der Waals surface area contributed by atoms with Crippen LogP contribution in [0.15, 0.2) is 73.4 Å². The van der Waals surface area contributed by atoms with E-state index in [1.807, 2.05) is 42.6 Å². The number of fused-ring (bicyclic) bond motifs is 4. The summed E-state index contributed by atoms with van der Waals surface area (Å²) in [4.78, 5) is 4.50. The highest BCUT2D eigenvalue weighted by Gasteiger charge is 2.54. The fourth-order valence-electron chi connectivity index (χ4n) is 6.10. The Kier molecular flexibility index (Phi) is 6.40. The van der Waals surface area contributed by atoms with Crippen LogP contribution in [0.5, 0.6) is 0 Å². The molecule has 3 fully saturated rings. The molecule has 3 nitrogen and oxygen atoms in total. The smallest absolute Gasteiger partial charge is 0.131 e. The zero-order valence-electron chi connectivity index (χ0n) is 18.2. The summed E-state index contributed by atoms with van der Waals surface area (Å²) < 4.78 is 0.865. The Hall–Kier alpha value is -2.64. The van der Waals surface area contributed by atoms with Crippen LogP contribution in [-0.2, 0) is 6.54 Å².